The molecular formula is C26H19N7O2. The van der Waals surface area contributed by atoms with E-state index in [2.05, 4.69) is 25.5 Å². The van der Waals surface area contributed by atoms with Crippen molar-refractivity contribution in [1.82, 2.24) is 29.8 Å². The summed E-state index contributed by atoms with van der Waals surface area (Å²) in [5.41, 5.74) is 4.41. The Hall–Kier alpha value is -5.18. The monoisotopic (exact) mass is 461 g/mol. The van der Waals surface area contributed by atoms with Crippen LogP contribution in [0, 0.1) is 0 Å². The predicted octanol–water partition coefficient (Wildman–Crippen LogP) is 4.59. The molecule has 0 aliphatic heterocycles. The molecule has 0 aliphatic rings. The van der Waals surface area contributed by atoms with Crippen molar-refractivity contribution < 1.29 is 5.11 Å². The summed E-state index contributed by atoms with van der Waals surface area (Å²) in [5.74, 6) is 0.810. The Morgan fingerprint density at radius 1 is 0.800 bits per heavy atom. The number of anilines is 2. The van der Waals surface area contributed by atoms with Gasteiger partial charge in [0.15, 0.2) is 0 Å². The fourth-order valence-electron chi connectivity index (χ4n) is 4.12. The molecule has 4 N–H and O–H groups in total. The fraction of sp³-hybridized carbons (Fsp3) is 0. The maximum atomic E-state index is 13.9. The Balaban J connectivity index is 1.69. The summed E-state index contributed by atoms with van der Waals surface area (Å²) < 4.78 is 1.38. The van der Waals surface area contributed by atoms with Gasteiger partial charge >= 0.3 is 0 Å². The Bertz CT molecular complexity index is 1670. The summed E-state index contributed by atoms with van der Waals surface area (Å²) in [5, 5.41) is 24.4. The highest BCUT2D eigenvalue weighted by Gasteiger charge is 2.23. The first-order chi connectivity index (χ1) is 17.2. The van der Waals surface area contributed by atoms with Crippen LogP contribution >= 0.6 is 0 Å². The van der Waals surface area contributed by atoms with Crippen molar-refractivity contribution in [2.45, 2.75) is 0 Å². The van der Waals surface area contributed by atoms with E-state index < -0.39 is 0 Å². The summed E-state index contributed by atoms with van der Waals surface area (Å²) in [6.45, 7) is 0. The van der Waals surface area contributed by atoms with Crippen LogP contribution in [-0.4, -0.2) is 34.9 Å². The minimum atomic E-state index is -0.332. The number of phenols is 1. The molecule has 0 spiro atoms. The Labute approximate surface area is 198 Å². The van der Waals surface area contributed by atoms with Crippen molar-refractivity contribution in [3.05, 3.63) is 102 Å². The second-order valence-electron chi connectivity index (χ2n) is 7.89. The number of aromatic hydroxyl groups is 1. The molecule has 0 aliphatic carbocycles. The van der Waals surface area contributed by atoms with Gasteiger partial charge in [-0.15, -0.1) is 5.10 Å². The van der Waals surface area contributed by atoms with Crippen molar-refractivity contribution in [1.29, 1.82) is 0 Å². The van der Waals surface area contributed by atoms with Gasteiger partial charge < -0.3 is 15.4 Å². The summed E-state index contributed by atoms with van der Waals surface area (Å²) in [6.07, 6.45) is 1.45. The fourth-order valence-corrected chi connectivity index (χ4v) is 4.12. The highest BCUT2D eigenvalue weighted by Crippen LogP contribution is 2.36. The van der Waals surface area contributed by atoms with Crippen LogP contribution in [0.15, 0.2) is 96.1 Å². The molecule has 3 heterocycles. The van der Waals surface area contributed by atoms with E-state index in [-0.39, 0.29) is 11.3 Å². The minimum Gasteiger partial charge on any atom is -0.508 e. The molecule has 170 valence electrons. The van der Waals surface area contributed by atoms with Crippen molar-refractivity contribution >= 4 is 17.4 Å². The number of H-pyrrole nitrogens is 2. The Morgan fingerprint density at radius 3 is 2.11 bits per heavy atom. The number of nitrogens with zero attached hydrogens (tertiary/aromatic N) is 4. The number of phenolic OH excluding ortho intramolecular Hbond substituents is 1. The van der Waals surface area contributed by atoms with Gasteiger partial charge in [-0.05, 0) is 23.3 Å². The third-order valence-electron chi connectivity index (χ3n) is 5.70. The van der Waals surface area contributed by atoms with E-state index >= 15 is 0 Å². The zero-order chi connectivity index (χ0) is 23.8. The quantitative estimate of drug-likeness (QED) is 0.298. The normalized spacial score (nSPS) is 11.1. The van der Waals surface area contributed by atoms with Crippen molar-refractivity contribution in [3.63, 3.8) is 0 Å². The van der Waals surface area contributed by atoms with Gasteiger partial charge in [-0.1, -0.05) is 72.8 Å². The number of hydrogen-bond donors (Lipinski definition) is 4. The van der Waals surface area contributed by atoms with Crippen LogP contribution in [0.1, 0.15) is 0 Å². The van der Waals surface area contributed by atoms with Gasteiger partial charge in [0, 0.05) is 5.56 Å². The van der Waals surface area contributed by atoms with E-state index in [0.29, 0.717) is 34.2 Å². The van der Waals surface area contributed by atoms with Crippen LogP contribution in [-0.2, 0) is 0 Å². The van der Waals surface area contributed by atoms with Crippen LogP contribution in [0.25, 0.3) is 39.2 Å². The van der Waals surface area contributed by atoms with Crippen LogP contribution in [0.2, 0.25) is 0 Å². The summed E-state index contributed by atoms with van der Waals surface area (Å²) in [6, 6.07) is 26.0. The largest absolute Gasteiger partial charge is 0.508 e. The minimum absolute atomic E-state index is 0.103. The lowest BCUT2D eigenvalue weighted by atomic mass is 10.0. The lowest BCUT2D eigenvalue weighted by molar-refractivity contribution is 0.475. The van der Waals surface area contributed by atoms with Gasteiger partial charge in [0.25, 0.3) is 5.56 Å². The molecule has 6 rings (SSSR count). The average Bonchev–Trinajstić information content (AvgIpc) is 3.54. The molecule has 0 fully saturated rings. The van der Waals surface area contributed by atoms with E-state index in [4.69, 9.17) is 5.10 Å². The number of aromatic nitrogens is 6. The van der Waals surface area contributed by atoms with Crippen LogP contribution in [0.4, 0.5) is 11.8 Å². The third-order valence-corrected chi connectivity index (χ3v) is 5.70. The molecule has 0 amide bonds. The molecule has 0 radical (unpaired) electrons. The van der Waals surface area contributed by atoms with Crippen LogP contribution in [0.3, 0.4) is 0 Å². The number of aromatic amines is 2. The first-order valence-corrected chi connectivity index (χ1v) is 10.9. The molecule has 9 heteroatoms. The van der Waals surface area contributed by atoms with Gasteiger partial charge in [-0.3, -0.25) is 9.89 Å². The molecule has 3 aromatic heterocycles. The van der Waals surface area contributed by atoms with E-state index in [9.17, 15) is 9.90 Å². The number of nitrogens with one attached hydrogen (secondary N) is 3. The topological polar surface area (TPSA) is 124 Å². The van der Waals surface area contributed by atoms with E-state index in [0.717, 1.165) is 16.7 Å². The summed E-state index contributed by atoms with van der Waals surface area (Å²) in [4.78, 5) is 21.4. The maximum Gasteiger partial charge on any atom is 0.284 e. The van der Waals surface area contributed by atoms with Crippen molar-refractivity contribution in [3.8, 4) is 39.3 Å². The van der Waals surface area contributed by atoms with Crippen LogP contribution < -0.4 is 10.9 Å². The first-order valence-electron chi connectivity index (χ1n) is 10.9. The lowest BCUT2D eigenvalue weighted by Crippen LogP contribution is -2.19. The van der Waals surface area contributed by atoms with Crippen molar-refractivity contribution in [2.24, 2.45) is 0 Å². The highest BCUT2D eigenvalue weighted by molar-refractivity contribution is 5.92. The van der Waals surface area contributed by atoms with E-state index in [1.54, 1.807) is 12.1 Å². The van der Waals surface area contributed by atoms with Gasteiger partial charge in [0.2, 0.25) is 5.95 Å². The molecule has 0 bridgehead atoms. The molecule has 6 aromatic rings. The van der Waals surface area contributed by atoms with Crippen LogP contribution in [0.5, 0.6) is 5.75 Å². The molecule has 0 unspecified atom stereocenters. The smallest absolute Gasteiger partial charge is 0.284 e. The SMILES string of the molecule is O=c1c(-c2ccc(O)cc2)c(Nc2nc[nH]n2)[nH]c2c(-c3ccccc3)c(-c3ccccc3)nn12. The Morgan fingerprint density at radius 2 is 1.46 bits per heavy atom. The average molecular weight is 461 g/mol. The molecule has 0 atom stereocenters. The van der Waals surface area contributed by atoms with Gasteiger partial charge in [-0.25, -0.2) is 4.98 Å². The zero-order valence-corrected chi connectivity index (χ0v) is 18.3. The molecule has 3 aromatic carbocycles. The number of hydrogen-bond acceptors (Lipinski definition) is 6. The standard InChI is InChI=1S/C26H19N7O2/c34-19-13-11-17(12-14-19)21-23(30-26-27-15-28-31-26)29-24-20(16-7-3-1-4-8-16)22(32-33(24)25(21)35)18-9-5-2-6-10-18/h1-15,29,34H,(H2,27,28,30,31). The van der Waals surface area contributed by atoms with Gasteiger partial charge in [0.1, 0.15) is 29.2 Å². The van der Waals surface area contributed by atoms with Gasteiger partial charge in [-0.2, -0.15) is 9.61 Å². The number of fused-ring (bicyclic) bond motifs is 1. The lowest BCUT2D eigenvalue weighted by Gasteiger charge is -2.11. The highest BCUT2D eigenvalue weighted by atomic mass is 16.3. The molecule has 9 nitrogen and oxygen atoms in total. The number of benzene rings is 3. The van der Waals surface area contributed by atoms with E-state index in [1.165, 1.54) is 23.0 Å². The maximum absolute atomic E-state index is 13.9. The second-order valence-corrected chi connectivity index (χ2v) is 7.89. The molecular weight excluding hydrogens is 442 g/mol. The summed E-state index contributed by atoms with van der Waals surface area (Å²) in [7, 11) is 0. The second kappa shape index (κ2) is 8.31. The molecule has 0 saturated carbocycles. The van der Waals surface area contributed by atoms with Gasteiger partial charge in [0.05, 0.1) is 11.1 Å². The Kier molecular flexibility index (Phi) is 4.85. The zero-order valence-electron chi connectivity index (χ0n) is 18.3. The number of rotatable bonds is 5. The molecule has 0 saturated heterocycles. The first kappa shape index (κ1) is 20.4. The summed E-state index contributed by atoms with van der Waals surface area (Å²) >= 11 is 0. The van der Waals surface area contributed by atoms with E-state index in [1.807, 2.05) is 60.7 Å². The third kappa shape index (κ3) is 3.61. The predicted molar refractivity (Wildman–Crippen MR) is 133 cm³/mol. The molecule has 35 heavy (non-hydrogen) atoms. The van der Waals surface area contributed by atoms with Crippen molar-refractivity contribution in [2.75, 3.05) is 5.32 Å².